The molecule has 1 aromatic carbocycles. The molecule has 3 heterocycles. The number of nitrogens with zero attached hydrogens (tertiary/aromatic N) is 3. The van der Waals surface area contributed by atoms with E-state index in [0.717, 1.165) is 22.8 Å². The van der Waals surface area contributed by atoms with E-state index in [4.69, 9.17) is 4.74 Å². The van der Waals surface area contributed by atoms with Crippen LogP contribution in [-0.4, -0.2) is 46.1 Å². The van der Waals surface area contributed by atoms with E-state index in [1.165, 1.54) is 37.7 Å². The molecule has 0 aliphatic carbocycles. The molecule has 2 aliphatic heterocycles. The van der Waals surface area contributed by atoms with Crippen LogP contribution in [0, 0.1) is 5.92 Å². The number of aromatic nitrogens is 2. The van der Waals surface area contributed by atoms with E-state index in [9.17, 15) is 13.2 Å². The molecule has 146 valence electrons. The molecular weight excluding hydrogens is 395 g/mol. The number of thioether (sulfide) groups is 1. The van der Waals surface area contributed by atoms with Crippen molar-refractivity contribution in [3.8, 4) is 5.75 Å². The number of fused-ring (bicyclic) bond motifs is 2. The van der Waals surface area contributed by atoms with Crippen molar-refractivity contribution in [2.24, 2.45) is 5.92 Å². The van der Waals surface area contributed by atoms with Gasteiger partial charge in [0.25, 0.3) is 0 Å². The van der Waals surface area contributed by atoms with Crippen LogP contribution in [0.4, 0.5) is 13.2 Å². The summed E-state index contributed by atoms with van der Waals surface area (Å²) in [7, 11) is 0. The highest BCUT2D eigenvalue weighted by atomic mass is 32.2. The highest BCUT2D eigenvalue weighted by Crippen LogP contribution is 2.41. The Morgan fingerprint density at radius 1 is 1.19 bits per heavy atom. The number of hydrogen-bond acceptors (Lipinski definition) is 6. The van der Waals surface area contributed by atoms with Crippen molar-refractivity contribution >= 4 is 23.5 Å². The van der Waals surface area contributed by atoms with Crippen molar-refractivity contribution in [2.45, 2.75) is 35.7 Å². The zero-order valence-corrected chi connectivity index (χ0v) is 16.2. The van der Waals surface area contributed by atoms with Gasteiger partial charge in [0.05, 0.1) is 17.4 Å². The minimum Gasteiger partial charge on any atom is -0.484 e. The number of benzene rings is 1. The molecular formula is C18H20F3N3OS2. The summed E-state index contributed by atoms with van der Waals surface area (Å²) in [6.07, 6.45) is -1.79. The van der Waals surface area contributed by atoms with E-state index >= 15 is 0 Å². The fourth-order valence-electron chi connectivity index (χ4n) is 3.84. The van der Waals surface area contributed by atoms with Gasteiger partial charge in [-0.1, -0.05) is 23.9 Å². The molecule has 2 fully saturated rings. The maximum absolute atomic E-state index is 12.2. The lowest BCUT2D eigenvalue weighted by molar-refractivity contribution is -0.153. The standard InChI is InChI=1S/C18H20F3N3OS2/c19-18(20,21)11-25-14-5-3-12(4-6-14)10-26-17-16(22-27-23-17)15-9-24-7-1-2-13(15)8-24/h3-6,13,15H,1-2,7-11H2. The molecule has 2 aromatic rings. The molecule has 2 bridgehead atoms. The second kappa shape index (κ2) is 7.97. The van der Waals surface area contributed by atoms with Crippen LogP contribution >= 0.6 is 23.5 Å². The van der Waals surface area contributed by atoms with Crippen LogP contribution in [0.2, 0.25) is 0 Å². The van der Waals surface area contributed by atoms with Crippen LogP contribution in [0.3, 0.4) is 0 Å². The number of ether oxygens (including phenoxy) is 1. The fraction of sp³-hybridized carbons (Fsp3) is 0.556. The topological polar surface area (TPSA) is 38.3 Å². The van der Waals surface area contributed by atoms with Gasteiger partial charge < -0.3 is 9.64 Å². The van der Waals surface area contributed by atoms with Crippen molar-refractivity contribution in [1.29, 1.82) is 0 Å². The van der Waals surface area contributed by atoms with Gasteiger partial charge in [0, 0.05) is 24.8 Å². The maximum atomic E-state index is 12.2. The van der Waals surface area contributed by atoms with Crippen molar-refractivity contribution in [3.63, 3.8) is 0 Å². The number of alkyl halides is 3. The molecule has 0 spiro atoms. The predicted octanol–water partition coefficient (Wildman–Crippen LogP) is 4.58. The molecule has 2 saturated heterocycles. The first kappa shape index (κ1) is 19.0. The van der Waals surface area contributed by atoms with Crippen LogP contribution in [0.25, 0.3) is 0 Å². The SMILES string of the molecule is FC(F)(F)COc1ccc(CSc2nsnc2C2CN3CCCC2C3)cc1. The lowest BCUT2D eigenvalue weighted by Crippen LogP contribution is -2.25. The molecule has 1 aromatic heterocycles. The Morgan fingerprint density at radius 2 is 2.00 bits per heavy atom. The molecule has 4 rings (SSSR count). The van der Waals surface area contributed by atoms with E-state index in [0.29, 0.717) is 17.6 Å². The average molecular weight is 416 g/mol. The molecule has 0 amide bonds. The molecule has 3 atom stereocenters. The first-order valence-corrected chi connectivity index (χ1v) is 10.7. The van der Waals surface area contributed by atoms with E-state index < -0.39 is 12.8 Å². The third-order valence-electron chi connectivity index (χ3n) is 5.10. The highest BCUT2D eigenvalue weighted by molar-refractivity contribution is 7.98. The van der Waals surface area contributed by atoms with Crippen molar-refractivity contribution in [3.05, 3.63) is 35.5 Å². The van der Waals surface area contributed by atoms with Crippen LogP contribution < -0.4 is 4.74 Å². The zero-order valence-electron chi connectivity index (χ0n) is 14.6. The largest absolute Gasteiger partial charge is 0.484 e. The fourth-order valence-corrected chi connectivity index (χ4v) is 5.56. The first-order chi connectivity index (χ1) is 13.0. The van der Waals surface area contributed by atoms with E-state index in [1.54, 1.807) is 36.0 Å². The molecule has 0 radical (unpaired) electrons. The Morgan fingerprint density at radius 3 is 2.74 bits per heavy atom. The number of rotatable bonds is 6. The second-order valence-corrected chi connectivity index (χ2v) is 8.55. The van der Waals surface area contributed by atoms with Crippen LogP contribution in [0.5, 0.6) is 5.75 Å². The molecule has 4 nitrogen and oxygen atoms in total. The normalized spacial score (nSPS) is 24.9. The second-order valence-electron chi connectivity index (χ2n) is 7.06. The highest BCUT2D eigenvalue weighted by Gasteiger charge is 2.38. The van der Waals surface area contributed by atoms with E-state index in [-0.39, 0.29) is 5.75 Å². The van der Waals surface area contributed by atoms with Gasteiger partial charge in [-0.05, 0) is 43.0 Å². The van der Waals surface area contributed by atoms with Gasteiger partial charge in [-0.3, -0.25) is 0 Å². The summed E-state index contributed by atoms with van der Waals surface area (Å²) in [4.78, 5) is 2.52. The van der Waals surface area contributed by atoms with Gasteiger partial charge in [-0.15, -0.1) is 0 Å². The lowest BCUT2D eigenvalue weighted by Gasteiger charge is -2.21. The van der Waals surface area contributed by atoms with Crippen LogP contribution in [0.15, 0.2) is 29.3 Å². The van der Waals surface area contributed by atoms with Gasteiger partial charge in [0.15, 0.2) is 6.61 Å². The van der Waals surface area contributed by atoms with E-state index in [2.05, 4.69) is 13.6 Å². The summed E-state index contributed by atoms with van der Waals surface area (Å²) in [5.41, 5.74) is 2.15. The minimum absolute atomic E-state index is 0.226. The van der Waals surface area contributed by atoms with Crippen molar-refractivity contribution in [2.75, 3.05) is 26.2 Å². The van der Waals surface area contributed by atoms with Gasteiger partial charge >= 0.3 is 6.18 Å². The summed E-state index contributed by atoms with van der Waals surface area (Å²) < 4.78 is 50.4. The molecule has 27 heavy (non-hydrogen) atoms. The lowest BCUT2D eigenvalue weighted by atomic mass is 9.89. The van der Waals surface area contributed by atoms with Gasteiger partial charge in [-0.2, -0.15) is 21.9 Å². The molecule has 9 heteroatoms. The predicted molar refractivity (Wildman–Crippen MR) is 99.4 cm³/mol. The number of hydrogen-bond donors (Lipinski definition) is 0. The third kappa shape index (κ3) is 4.75. The number of piperidine rings is 1. The summed E-state index contributed by atoms with van der Waals surface area (Å²) in [5.74, 6) is 2.10. The Labute approximate surface area is 164 Å². The van der Waals surface area contributed by atoms with Crippen LogP contribution in [-0.2, 0) is 5.75 Å². The molecule has 3 unspecified atom stereocenters. The summed E-state index contributed by atoms with van der Waals surface area (Å²) in [6.45, 7) is 2.17. The quantitative estimate of drug-likeness (QED) is 0.646. The summed E-state index contributed by atoms with van der Waals surface area (Å²) in [5, 5.41) is 0.996. The Kier molecular flexibility index (Phi) is 5.61. The maximum Gasteiger partial charge on any atom is 0.422 e. The van der Waals surface area contributed by atoms with Crippen LogP contribution in [0.1, 0.15) is 30.0 Å². The number of halogens is 3. The Balaban J connectivity index is 1.35. The molecule has 0 N–H and O–H groups in total. The Hall–Kier alpha value is -1.32. The third-order valence-corrected chi connectivity index (χ3v) is 6.81. The first-order valence-electron chi connectivity index (χ1n) is 8.94. The minimum atomic E-state index is -4.32. The van der Waals surface area contributed by atoms with Gasteiger partial charge in [0.2, 0.25) is 0 Å². The monoisotopic (exact) mass is 415 g/mol. The average Bonchev–Trinajstić information content (AvgIpc) is 3.22. The summed E-state index contributed by atoms with van der Waals surface area (Å²) in [6, 6.07) is 6.75. The Bertz CT molecular complexity index is 766. The molecule has 0 saturated carbocycles. The van der Waals surface area contributed by atoms with Gasteiger partial charge in [-0.25, -0.2) is 0 Å². The zero-order chi connectivity index (χ0) is 18.9. The van der Waals surface area contributed by atoms with Crippen molar-refractivity contribution in [1.82, 2.24) is 13.6 Å². The smallest absolute Gasteiger partial charge is 0.422 e. The summed E-state index contributed by atoms with van der Waals surface area (Å²) >= 11 is 2.92. The van der Waals surface area contributed by atoms with Gasteiger partial charge in [0.1, 0.15) is 10.8 Å². The van der Waals surface area contributed by atoms with E-state index in [1.807, 2.05) is 0 Å². The van der Waals surface area contributed by atoms with Crippen molar-refractivity contribution < 1.29 is 17.9 Å². The molecule has 2 aliphatic rings.